The second-order valence-corrected chi connectivity index (χ2v) is 4.96. The highest BCUT2D eigenvalue weighted by atomic mass is 32.2. The van der Waals surface area contributed by atoms with Crippen molar-refractivity contribution in [1.82, 2.24) is 4.90 Å². The van der Waals surface area contributed by atoms with Crippen molar-refractivity contribution in [2.75, 3.05) is 6.26 Å². The molecule has 0 aliphatic carbocycles. The fraction of sp³-hybridized carbons (Fsp3) is 0.125. The Morgan fingerprint density at radius 2 is 2.15 bits per heavy atom. The smallest absolute Gasteiger partial charge is 0.206 e. The van der Waals surface area contributed by atoms with E-state index in [0.717, 1.165) is 12.2 Å². The number of nitrogens with zero attached hydrogens (tertiary/aromatic N) is 3. The average molecular weight is 281 g/mol. The van der Waals surface area contributed by atoms with Crippen LogP contribution in [0.25, 0.3) is 0 Å². The van der Waals surface area contributed by atoms with Gasteiger partial charge in [0.15, 0.2) is 0 Å². The number of rotatable bonds is 3. The third-order valence-electron chi connectivity index (χ3n) is 2.81. The molecule has 1 aliphatic rings. The molecule has 0 fully saturated rings. The highest BCUT2D eigenvalue weighted by Crippen LogP contribution is 2.18. The van der Waals surface area contributed by atoms with Crippen LogP contribution in [0.5, 0.6) is 0 Å². The van der Waals surface area contributed by atoms with E-state index in [4.69, 9.17) is 5.26 Å². The van der Waals surface area contributed by atoms with Crippen LogP contribution in [0.3, 0.4) is 0 Å². The monoisotopic (exact) mass is 281 g/mol. The Morgan fingerprint density at radius 3 is 2.85 bits per heavy atom. The maximum absolute atomic E-state index is 8.67. The minimum absolute atomic E-state index is 0.709. The Morgan fingerprint density at radius 1 is 1.35 bits per heavy atom. The van der Waals surface area contributed by atoms with E-state index in [9.17, 15) is 0 Å². The van der Waals surface area contributed by atoms with Gasteiger partial charge in [0.1, 0.15) is 5.04 Å². The van der Waals surface area contributed by atoms with Crippen LogP contribution < -0.4 is 0 Å². The summed E-state index contributed by atoms with van der Waals surface area (Å²) in [4.78, 5) is 5.94. The molecule has 1 aromatic carbocycles. The summed E-state index contributed by atoms with van der Waals surface area (Å²) in [6.45, 7) is 0.793. The lowest BCUT2D eigenvalue weighted by atomic mass is 10.2. The lowest BCUT2D eigenvalue weighted by Gasteiger charge is -2.24. The average Bonchev–Trinajstić information content (AvgIpc) is 2.49. The fourth-order valence-corrected chi connectivity index (χ4v) is 2.23. The molecule has 0 aromatic heterocycles. The van der Waals surface area contributed by atoms with E-state index in [1.165, 1.54) is 17.3 Å². The van der Waals surface area contributed by atoms with Crippen molar-refractivity contribution in [3.63, 3.8) is 0 Å². The SMILES string of the molecule is CSC(C=C1C=CC=CN1Cc1ccccc1)=NC#N. The summed E-state index contributed by atoms with van der Waals surface area (Å²) in [7, 11) is 0. The summed E-state index contributed by atoms with van der Waals surface area (Å²) >= 11 is 1.46. The first kappa shape index (κ1) is 14.2. The highest BCUT2D eigenvalue weighted by molar-refractivity contribution is 8.13. The Kier molecular flexibility index (Phi) is 5.22. The standard InChI is InChI=1S/C16H15N3S/c1-20-16(18-13-17)11-15-9-5-6-10-19(15)12-14-7-3-2-4-8-14/h2-11H,12H2,1H3. The maximum atomic E-state index is 8.67. The quantitative estimate of drug-likeness (QED) is 0.482. The van der Waals surface area contributed by atoms with Gasteiger partial charge in [0, 0.05) is 18.4 Å². The molecule has 0 amide bonds. The van der Waals surface area contributed by atoms with E-state index in [1.807, 2.05) is 61.2 Å². The Bertz CT molecular complexity index is 606. The van der Waals surface area contributed by atoms with Crippen LogP contribution in [-0.4, -0.2) is 16.2 Å². The molecule has 3 nitrogen and oxygen atoms in total. The molecule has 0 spiro atoms. The van der Waals surface area contributed by atoms with Gasteiger partial charge < -0.3 is 4.90 Å². The van der Waals surface area contributed by atoms with Gasteiger partial charge in [-0.05, 0) is 30.0 Å². The molecular formula is C16H15N3S. The van der Waals surface area contributed by atoms with Crippen LogP contribution in [0.2, 0.25) is 0 Å². The van der Waals surface area contributed by atoms with Gasteiger partial charge in [-0.3, -0.25) is 0 Å². The van der Waals surface area contributed by atoms with Crippen LogP contribution in [0.4, 0.5) is 0 Å². The topological polar surface area (TPSA) is 39.4 Å². The van der Waals surface area contributed by atoms with Crippen molar-refractivity contribution in [2.45, 2.75) is 6.54 Å². The molecule has 1 aromatic rings. The second kappa shape index (κ2) is 7.37. The van der Waals surface area contributed by atoms with Gasteiger partial charge in [-0.1, -0.05) is 36.4 Å². The van der Waals surface area contributed by atoms with E-state index in [-0.39, 0.29) is 0 Å². The van der Waals surface area contributed by atoms with Crippen molar-refractivity contribution >= 4 is 16.8 Å². The Hall–Kier alpha value is -2.25. The molecule has 4 heteroatoms. The van der Waals surface area contributed by atoms with Crippen molar-refractivity contribution < 1.29 is 0 Å². The molecule has 0 unspecified atom stereocenters. The zero-order chi connectivity index (χ0) is 14.2. The van der Waals surface area contributed by atoms with E-state index in [2.05, 4.69) is 22.0 Å². The number of allylic oxidation sites excluding steroid dienone is 3. The molecule has 100 valence electrons. The third-order valence-corrected chi connectivity index (χ3v) is 3.44. The van der Waals surface area contributed by atoms with E-state index >= 15 is 0 Å². The number of aliphatic imine (C=N–C) groups is 1. The first-order valence-corrected chi connectivity index (χ1v) is 7.44. The summed E-state index contributed by atoms with van der Waals surface area (Å²) in [6, 6.07) is 10.3. The largest absolute Gasteiger partial charge is 0.343 e. The molecule has 0 saturated carbocycles. The van der Waals surface area contributed by atoms with E-state index in [1.54, 1.807) is 0 Å². The number of hydrogen-bond acceptors (Lipinski definition) is 4. The number of thioether (sulfide) groups is 1. The van der Waals surface area contributed by atoms with Crippen molar-refractivity contribution in [2.24, 2.45) is 4.99 Å². The van der Waals surface area contributed by atoms with Gasteiger partial charge in [-0.25, -0.2) is 0 Å². The van der Waals surface area contributed by atoms with E-state index < -0.39 is 0 Å². The molecular weight excluding hydrogens is 266 g/mol. The minimum atomic E-state index is 0.709. The number of benzene rings is 1. The molecule has 1 heterocycles. The minimum Gasteiger partial charge on any atom is -0.343 e. The van der Waals surface area contributed by atoms with Gasteiger partial charge in [0.05, 0.1) is 0 Å². The van der Waals surface area contributed by atoms with Crippen LogP contribution in [0.1, 0.15) is 5.56 Å². The van der Waals surface area contributed by atoms with Gasteiger partial charge >= 0.3 is 0 Å². The van der Waals surface area contributed by atoms with Gasteiger partial charge in [-0.2, -0.15) is 10.3 Å². The molecule has 0 radical (unpaired) electrons. The van der Waals surface area contributed by atoms with Crippen LogP contribution >= 0.6 is 11.8 Å². The predicted octanol–water partition coefficient (Wildman–Crippen LogP) is 3.70. The highest BCUT2D eigenvalue weighted by Gasteiger charge is 2.08. The van der Waals surface area contributed by atoms with Crippen LogP contribution in [0, 0.1) is 11.5 Å². The van der Waals surface area contributed by atoms with Crippen molar-refractivity contribution in [3.05, 3.63) is 72.1 Å². The predicted molar refractivity (Wildman–Crippen MR) is 84.9 cm³/mol. The van der Waals surface area contributed by atoms with Crippen LogP contribution in [-0.2, 0) is 6.54 Å². The summed E-state index contributed by atoms with van der Waals surface area (Å²) in [6.07, 6.45) is 13.7. The molecule has 20 heavy (non-hydrogen) atoms. The molecule has 0 bridgehead atoms. The number of nitriles is 1. The number of hydrogen-bond donors (Lipinski definition) is 0. The molecule has 2 rings (SSSR count). The zero-order valence-electron chi connectivity index (χ0n) is 11.2. The van der Waals surface area contributed by atoms with Crippen molar-refractivity contribution in [1.29, 1.82) is 5.26 Å². The lowest BCUT2D eigenvalue weighted by molar-refractivity contribution is 0.470. The summed E-state index contributed by atoms with van der Waals surface area (Å²) < 4.78 is 0. The summed E-state index contributed by atoms with van der Waals surface area (Å²) in [5.41, 5.74) is 2.26. The van der Waals surface area contributed by atoms with Crippen LogP contribution in [0.15, 0.2) is 71.5 Å². The first-order valence-electron chi connectivity index (χ1n) is 6.21. The Labute approximate surface area is 123 Å². The maximum Gasteiger partial charge on any atom is 0.206 e. The van der Waals surface area contributed by atoms with Crippen molar-refractivity contribution in [3.8, 4) is 6.19 Å². The third kappa shape index (κ3) is 3.87. The summed E-state index contributed by atoms with van der Waals surface area (Å²) in [5.74, 6) is 0. The first-order chi connectivity index (χ1) is 9.83. The van der Waals surface area contributed by atoms with Gasteiger partial charge in [0.25, 0.3) is 0 Å². The lowest BCUT2D eigenvalue weighted by Crippen LogP contribution is -2.17. The van der Waals surface area contributed by atoms with E-state index in [0.29, 0.717) is 5.04 Å². The summed E-state index contributed by atoms with van der Waals surface area (Å²) in [5, 5.41) is 9.38. The fourth-order valence-electron chi connectivity index (χ4n) is 1.86. The normalized spacial score (nSPS) is 16.5. The molecule has 0 atom stereocenters. The molecule has 0 saturated heterocycles. The Balaban J connectivity index is 2.21. The second-order valence-electron chi connectivity index (χ2n) is 4.14. The zero-order valence-corrected chi connectivity index (χ0v) is 12.0. The van der Waals surface area contributed by atoms with Gasteiger partial charge in [-0.15, -0.1) is 11.8 Å². The molecule has 1 aliphatic heterocycles. The van der Waals surface area contributed by atoms with Gasteiger partial charge in [0.2, 0.25) is 6.19 Å². The molecule has 0 N–H and O–H groups in total.